The zero-order valence-electron chi connectivity index (χ0n) is 9.94. The van der Waals surface area contributed by atoms with Gasteiger partial charge in [-0.3, -0.25) is 4.98 Å². The van der Waals surface area contributed by atoms with Crippen LogP contribution in [0.4, 0.5) is 4.39 Å². The van der Waals surface area contributed by atoms with Crippen molar-refractivity contribution in [2.24, 2.45) is 5.73 Å². The smallest absolute Gasteiger partial charge is 0.123 e. The Bertz CT molecular complexity index is 537. The number of nitrogens with two attached hydrogens (primary N) is 1. The van der Waals surface area contributed by atoms with Crippen molar-refractivity contribution < 1.29 is 4.39 Å². The Balaban J connectivity index is 2.47. The normalized spacial score (nSPS) is 12.5. The second-order valence-electron chi connectivity index (χ2n) is 4.16. The molecule has 2 nitrogen and oxygen atoms in total. The summed E-state index contributed by atoms with van der Waals surface area (Å²) >= 11 is 0. The molecule has 88 valence electrons. The number of pyridine rings is 1. The minimum absolute atomic E-state index is 0.261. The van der Waals surface area contributed by atoms with E-state index >= 15 is 0 Å². The first-order chi connectivity index (χ1) is 8.09. The van der Waals surface area contributed by atoms with E-state index in [2.05, 4.69) is 4.98 Å². The molecule has 0 radical (unpaired) electrons. The summed E-state index contributed by atoms with van der Waals surface area (Å²) < 4.78 is 13.3. The first-order valence-electron chi connectivity index (χ1n) is 5.52. The van der Waals surface area contributed by atoms with Gasteiger partial charge in [0.15, 0.2) is 0 Å². The lowest BCUT2D eigenvalue weighted by atomic mass is 9.95. The summed E-state index contributed by atoms with van der Waals surface area (Å²) in [6.07, 6.45) is 1.73. The fraction of sp³-hybridized carbons (Fsp3) is 0.214. The Kier molecular flexibility index (Phi) is 3.20. The summed E-state index contributed by atoms with van der Waals surface area (Å²) in [5, 5.41) is 0. The number of aromatic nitrogens is 1. The first-order valence-corrected chi connectivity index (χ1v) is 5.52. The Hall–Kier alpha value is -1.74. The highest BCUT2D eigenvalue weighted by Gasteiger charge is 2.14. The molecule has 1 aromatic heterocycles. The van der Waals surface area contributed by atoms with Crippen LogP contribution in [0.1, 0.15) is 28.4 Å². The third-order valence-electron chi connectivity index (χ3n) is 2.96. The lowest BCUT2D eigenvalue weighted by Crippen LogP contribution is -2.15. The van der Waals surface area contributed by atoms with Crippen molar-refractivity contribution in [3.8, 4) is 0 Å². The van der Waals surface area contributed by atoms with Gasteiger partial charge in [0.05, 0.1) is 6.04 Å². The highest BCUT2D eigenvalue weighted by molar-refractivity contribution is 5.37. The topological polar surface area (TPSA) is 38.9 Å². The SMILES string of the molecule is Cc1ccc(F)cc1C(N)c1cccnc1C. The number of rotatable bonds is 2. The van der Waals surface area contributed by atoms with Crippen LogP contribution in [0.3, 0.4) is 0 Å². The standard InChI is InChI=1S/C14H15FN2/c1-9-5-6-11(15)8-13(9)14(16)12-4-3-7-17-10(12)2/h3-8,14H,16H2,1-2H3. The quantitative estimate of drug-likeness (QED) is 0.861. The minimum Gasteiger partial charge on any atom is -0.320 e. The van der Waals surface area contributed by atoms with Crippen LogP contribution in [0.2, 0.25) is 0 Å². The molecule has 0 fully saturated rings. The molecule has 2 N–H and O–H groups in total. The van der Waals surface area contributed by atoms with E-state index in [9.17, 15) is 4.39 Å². The van der Waals surface area contributed by atoms with Gasteiger partial charge in [-0.15, -0.1) is 0 Å². The van der Waals surface area contributed by atoms with E-state index < -0.39 is 0 Å². The summed E-state index contributed by atoms with van der Waals surface area (Å²) in [6.45, 7) is 3.84. The van der Waals surface area contributed by atoms with Crippen molar-refractivity contribution in [1.29, 1.82) is 0 Å². The van der Waals surface area contributed by atoms with Crippen LogP contribution < -0.4 is 5.73 Å². The number of benzene rings is 1. The molecule has 0 aliphatic heterocycles. The minimum atomic E-state index is -0.334. The molecule has 17 heavy (non-hydrogen) atoms. The van der Waals surface area contributed by atoms with Crippen LogP contribution in [-0.4, -0.2) is 4.98 Å². The molecule has 0 aliphatic carbocycles. The lowest BCUT2D eigenvalue weighted by molar-refractivity contribution is 0.622. The molecule has 0 bridgehead atoms. The average molecular weight is 230 g/mol. The van der Waals surface area contributed by atoms with Gasteiger partial charge in [0, 0.05) is 11.9 Å². The Morgan fingerprint density at radius 3 is 2.65 bits per heavy atom. The van der Waals surface area contributed by atoms with Crippen LogP contribution in [-0.2, 0) is 0 Å². The molecule has 1 atom stereocenters. The second-order valence-corrected chi connectivity index (χ2v) is 4.16. The molecule has 3 heteroatoms. The molecule has 2 rings (SSSR count). The molecule has 0 saturated heterocycles. The number of nitrogens with zero attached hydrogens (tertiary/aromatic N) is 1. The van der Waals surface area contributed by atoms with Crippen LogP contribution in [0, 0.1) is 19.7 Å². The van der Waals surface area contributed by atoms with Crippen LogP contribution in [0.15, 0.2) is 36.5 Å². The second kappa shape index (κ2) is 4.63. The lowest BCUT2D eigenvalue weighted by Gasteiger charge is -2.16. The molecule has 1 heterocycles. The summed E-state index contributed by atoms with van der Waals surface area (Å²) in [7, 11) is 0. The van der Waals surface area contributed by atoms with Gasteiger partial charge >= 0.3 is 0 Å². The van der Waals surface area contributed by atoms with Gasteiger partial charge in [0.25, 0.3) is 0 Å². The van der Waals surface area contributed by atoms with Crippen molar-refractivity contribution >= 4 is 0 Å². The fourth-order valence-electron chi connectivity index (χ4n) is 1.94. The molecule has 1 aromatic carbocycles. The number of hydrogen-bond donors (Lipinski definition) is 1. The van der Waals surface area contributed by atoms with Gasteiger partial charge in [-0.2, -0.15) is 0 Å². The molecule has 0 aliphatic rings. The van der Waals surface area contributed by atoms with Crippen molar-refractivity contribution in [3.63, 3.8) is 0 Å². The Morgan fingerprint density at radius 2 is 1.94 bits per heavy atom. The number of hydrogen-bond acceptors (Lipinski definition) is 2. The average Bonchev–Trinajstić information content (AvgIpc) is 2.32. The maximum absolute atomic E-state index is 13.3. The van der Waals surface area contributed by atoms with Gasteiger partial charge in [-0.25, -0.2) is 4.39 Å². The predicted molar refractivity (Wildman–Crippen MR) is 66.1 cm³/mol. The Labute approximate surface area is 100 Å². The molecule has 2 aromatic rings. The van der Waals surface area contributed by atoms with E-state index in [0.717, 1.165) is 22.4 Å². The molecule has 1 unspecified atom stereocenters. The fourth-order valence-corrected chi connectivity index (χ4v) is 1.94. The van der Waals surface area contributed by atoms with E-state index in [1.165, 1.54) is 12.1 Å². The van der Waals surface area contributed by atoms with Gasteiger partial charge in [-0.05, 0) is 48.7 Å². The maximum atomic E-state index is 13.3. The summed E-state index contributed by atoms with van der Waals surface area (Å²) in [4.78, 5) is 4.20. The van der Waals surface area contributed by atoms with Crippen molar-refractivity contribution in [2.75, 3.05) is 0 Å². The number of aryl methyl sites for hydroxylation is 2. The van der Waals surface area contributed by atoms with E-state index in [-0.39, 0.29) is 11.9 Å². The molecular weight excluding hydrogens is 215 g/mol. The van der Waals surface area contributed by atoms with Gasteiger partial charge < -0.3 is 5.73 Å². The maximum Gasteiger partial charge on any atom is 0.123 e. The molecule has 0 amide bonds. The monoisotopic (exact) mass is 230 g/mol. The molecule has 0 spiro atoms. The van der Waals surface area contributed by atoms with Crippen molar-refractivity contribution in [2.45, 2.75) is 19.9 Å². The van der Waals surface area contributed by atoms with E-state index in [4.69, 9.17) is 5.73 Å². The summed E-state index contributed by atoms with van der Waals surface area (Å²) in [6, 6.07) is 8.12. The first kappa shape index (κ1) is 11.7. The number of halogens is 1. The van der Waals surface area contributed by atoms with E-state index in [1.54, 1.807) is 12.3 Å². The van der Waals surface area contributed by atoms with E-state index in [1.807, 2.05) is 26.0 Å². The van der Waals surface area contributed by atoms with Gasteiger partial charge in [0.1, 0.15) is 5.82 Å². The largest absolute Gasteiger partial charge is 0.320 e. The van der Waals surface area contributed by atoms with Crippen LogP contribution >= 0.6 is 0 Å². The zero-order valence-corrected chi connectivity index (χ0v) is 9.94. The van der Waals surface area contributed by atoms with Gasteiger partial charge in [-0.1, -0.05) is 12.1 Å². The highest BCUT2D eigenvalue weighted by atomic mass is 19.1. The van der Waals surface area contributed by atoms with Crippen molar-refractivity contribution in [1.82, 2.24) is 4.98 Å². The Morgan fingerprint density at radius 1 is 1.18 bits per heavy atom. The summed E-state index contributed by atoms with van der Waals surface area (Å²) in [5.74, 6) is -0.261. The third kappa shape index (κ3) is 2.34. The highest BCUT2D eigenvalue weighted by Crippen LogP contribution is 2.24. The van der Waals surface area contributed by atoms with Crippen molar-refractivity contribution in [3.05, 3.63) is 64.7 Å². The van der Waals surface area contributed by atoms with Crippen LogP contribution in [0.5, 0.6) is 0 Å². The summed E-state index contributed by atoms with van der Waals surface area (Å²) in [5.41, 5.74) is 9.78. The van der Waals surface area contributed by atoms with Crippen LogP contribution in [0.25, 0.3) is 0 Å². The van der Waals surface area contributed by atoms with E-state index in [0.29, 0.717) is 0 Å². The third-order valence-corrected chi connectivity index (χ3v) is 2.96. The zero-order chi connectivity index (χ0) is 12.4. The predicted octanol–water partition coefficient (Wildman–Crippen LogP) is 2.89. The molecule has 0 saturated carbocycles. The van der Waals surface area contributed by atoms with Gasteiger partial charge in [0.2, 0.25) is 0 Å². The molecular formula is C14H15FN2.